The van der Waals surface area contributed by atoms with Crippen LogP contribution in [0.4, 0.5) is 0 Å². The van der Waals surface area contributed by atoms with Crippen LogP contribution in [-0.4, -0.2) is 29.2 Å². The van der Waals surface area contributed by atoms with Gasteiger partial charge in [-0.15, -0.1) is 0 Å². The zero-order valence-electron chi connectivity index (χ0n) is 15.8. The maximum atomic E-state index is 13.6. The monoisotopic (exact) mass is 403 g/mol. The Morgan fingerprint density at radius 3 is 2.31 bits per heavy atom. The number of pyridine rings is 2. The lowest BCUT2D eigenvalue weighted by Crippen LogP contribution is -2.33. The third-order valence-corrected chi connectivity index (χ3v) is 6.65. The van der Waals surface area contributed by atoms with Crippen LogP contribution in [0.1, 0.15) is 11.3 Å². The molecule has 0 N–H and O–H groups in total. The van der Waals surface area contributed by atoms with Crippen LogP contribution in [0, 0.1) is 0 Å². The van der Waals surface area contributed by atoms with Crippen molar-refractivity contribution >= 4 is 20.9 Å². The molecule has 5 nitrogen and oxygen atoms in total. The Morgan fingerprint density at radius 2 is 1.52 bits per heavy atom. The minimum Gasteiger partial charge on any atom is -0.260 e. The molecule has 4 aromatic rings. The second kappa shape index (κ2) is 8.51. The van der Waals surface area contributed by atoms with E-state index in [9.17, 15) is 8.42 Å². The zero-order chi connectivity index (χ0) is 20.1. The highest BCUT2D eigenvalue weighted by molar-refractivity contribution is 7.89. The van der Waals surface area contributed by atoms with Crippen molar-refractivity contribution in [3.63, 3.8) is 0 Å². The molecule has 0 fully saturated rings. The summed E-state index contributed by atoms with van der Waals surface area (Å²) in [5.41, 5.74) is 2.28. The van der Waals surface area contributed by atoms with Gasteiger partial charge in [-0.1, -0.05) is 54.6 Å². The van der Waals surface area contributed by atoms with Gasteiger partial charge in [-0.25, -0.2) is 8.42 Å². The Bertz CT molecular complexity index is 1190. The molecule has 2 aromatic heterocycles. The summed E-state index contributed by atoms with van der Waals surface area (Å²) >= 11 is 0. The van der Waals surface area contributed by atoms with Crippen LogP contribution in [0.5, 0.6) is 0 Å². The van der Waals surface area contributed by atoms with Gasteiger partial charge in [0.25, 0.3) is 0 Å². The highest BCUT2D eigenvalue weighted by Gasteiger charge is 2.27. The molecule has 4 rings (SSSR count). The van der Waals surface area contributed by atoms with Gasteiger partial charge >= 0.3 is 0 Å². The molecule has 146 valence electrons. The van der Waals surface area contributed by atoms with Crippen molar-refractivity contribution in [2.75, 3.05) is 6.54 Å². The first-order valence-corrected chi connectivity index (χ1v) is 10.9. The Labute approximate surface area is 170 Å². The van der Waals surface area contributed by atoms with Crippen molar-refractivity contribution in [2.45, 2.75) is 17.9 Å². The molecule has 0 bridgehead atoms. The van der Waals surface area contributed by atoms with Crippen molar-refractivity contribution in [1.82, 2.24) is 14.3 Å². The average Bonchev–Trinajstić information content (AvgIpc) is 2.77. The first-order chi connectivity index (χ1) is 14.1. The Morgan fingerprint density at radius 1 is 0.759 bits per heavy atom. The van der Waals surface area contributed by atoms with E-state index in [0.717, 1.165) is 10.9 Å². The fourth-order valence-electron chi connectivity index (χ4n) is 3.28. The highest BCUT2D eigenvalue weighted by atomic mass is 32.2. The third kappa shape index (κ3) is 4.34. The summed E-state index contributed by atoms with van der Waals surface area (Å²) in [6, 6.07) is 24.3. The van der Waals surface area contributed by atoms with E-state index < -0.39 is 10.0 Å². The summed E-state index contributed by atoms with van der Waals surface area (Å²) in [4.78, 5) is 8.88. The quantitative estimate of drug-likeness (QED) is 0.467. The first kappa shape index (κ1) is 19.2. The van der Waals surface area contributed by atoms with E-state index in [0.29, 0.717) is 24.2 Å². The molecule has 6 heteroatoms. The molecule has 29 heavy (non-hydrogen) atoms. The van der Waals surface area contributed by atoms with Gasteiger partial charge in [0.05, 0.1) is 17.8 Å². The second-order valence-electron chi connectivity index (χ2n) is 6.73. The van der Waals surface area contributed by atoms with E-state index in [1.165, 1.54) is 4.31 Å². The smallest absolute Gasteiger partial charge is 0.245 e. The van der Waals surface area contributed by atoms with Crippen LogP contribution >= 0.6 is 0 Å². The number of hydrogen-bond acceptors (Lipinski definition) is 4. The van der Waals surface area contributed by atoms with Crippen LogP contribution in [0.3, 0.4) is 0 Å². The lowest BCUT2D eigenvalue weighted by Gasteiger charge is -2.22. The first-order valence-electron chi connectivity index (χ1n) is 9.42. The van der Waals surface area contributed by atoms with Gasteiger partial charge in [0.1, 0.15) is 4.90 Å². The number of rotatable bonds is 7. The number of benzene rings is 2. The summed E-state index contributed by atoms with van der Waals surface area (Å²) in [6.45, 7) is 0.561. The average molecular weight is 404 g/mol. The Balaban J connectivity index is 1.72. The predicted octanol–water partition coefficient (Wildman–Crippen LogP) is 4.06. The Hall–Kier alpha value is -3.09. The van der Waals surface area contributed by atoms with Crippen LogP contribution in [0.25, 0.3) is 10.9 Å². The Kier molecular flexibility index (Phi) is 5.64. The molecule has 0 aliphatic carbocycles. The number of hydrogen-bond donors (Lipinski definition) is 0. The zero-order valence-corrected chi connectivity index (χ0v) is 16.7. The van der Waals surface area contributed by atoms with Crippen molar-refractivity contribution in [3.8, 4) is 0 Å². The molecule has 0 unspecified atom stereocenters. The largest absolute Gasteiger partial charge is 0.260 e. The van der Waals surface area contributed by atoms with Crippen LogP contribution in [0.2, 0.25) is 0 Å². The van der Waals surface area contributed by atoms with E-state index in [2.05, 4.69) is 9.97 Å². The number of aromatic nitrogens is 2. The van der Waals surface area contributed by atoms with Crippen LogP contribution in [-0.2, 0) is 23.0 Å². The van der Waals surface area contributed by atoms with Crippen molar-refractivity contribution in [2.24, 2.45) is 0 Å². The highest BCUT2D eigenvalue weighted by Crippen LogP contribution is 2.25. The summed E-state index contributed by atoms with van der Waals surface area (Å²) in [5.74, 6) is 0. The van der Waals surface area contributed by atoms with Gasteiger partial charge in [-0.05, 0) is 36.2 Å². The van der Waals surface area contributed by atoms with E-state index >= 15 is 0 Å². The molecule has 2 heterocycles. The fourth-order valence-corrected chi connectivity index (χ4v) is 4.86. The van der Waals surface area contributed by atoms with Gasteiger partial charge in [-0.3, -0.25) is 9.97 Å². The molecular weight excluding hydrogens is 382 g/mol. The number of fused-ring (bicyclic) bond motifs is 1. The summed E-state index contributed by atoms with van der Waals surface area (Å²) in [7, 11) is -3.77. The molecule has 0 spiro atoms. The van der Waals surface area contributed by atoms with Crippen molar-refractivity contribution in [1.29, 1.82) is 0 Å². The minimum atomic E-state index is -3.77. The van der Waals surface area contributed by atoms with E-state index in [1.54, 1.807) is 30.6 Å². The molecule has 0 aliphatic heterocycles. The van der Waals surface area contributed by atoms with E-state index in [-0.39, 0.29) is 11.4 Å². The number of nitrogens with zero attached hydrogens (tertiary/aromatic N) is 3. The van der Waals surface area contributed by atoms with Crippen molar-refractivity contribution in [3.05, 3.63) is 103 Å². The summed E-state index contributed by atoms with van der Waals surface area (Å²) < 4.78 is 28.8. The molecular formula is C23H21N3O2S. The lowest BCUT2D eigenvalue weighted by molar-refractivity contribution is 0.406. The topological polar surface area (TPSA) is 63.2 Å². The second-order valence-corrected chi connectivity index (χ2v) is 8.63. The molecule has 0 saturated carbocycles. The predicted molar refractivity (Wildman–Crippen MR) is 114 cm³/mol. The summed E-state index contributed by atoms with van der Waals surface area (Å²) in [6.07, 6.45) is 3.91. The maximum Gasteiger partial charge on any atom is 0.245 e. The van der Waals surface area contributed by atoms with Crippen LogP contribution in [0.15, 0.2) is 96.2 Å². The van der Waals surface area contributed by atoms with Gasteiger partial charge in [0.15, 0.2) is 0 Å². The fraction of sp³-hybridized carbons (Fsp3) is 0.130. The third-order valence-electron chi connectivity index (χ3n) is 4.77. The van der Waals surface area contributed by atoms with E-state index in [1.807, 2.05) is 60.7 Å². The number of sulfonamides is 1. The standard InChI is InChI=1S/C23H21N3O2S/c27-29(28,22-13-6-10-20-11-7-16-25-23(20)22)26(18-21-12-4-5-15-24-21)17-14-19-8-2-1-3-9-19/h1-13,15-16H,14,17-18H2. The molecule has 0 radical (unpaired) electrons. The van der Waals surface area contributed by atoms with Gasteiger partial charge in [0, 0.05) is 24.3 Å². The van der Waals surface area contributed by atoms with E-state index in [4.69, 9.17) is 0 Å². The van der Waals surface area contributed by atoms with Crippen molar-refractivity contribution < 1.29 is 8.42 Å². The minimum absolute atomic E-state index is 0.208. The molecule has 0 saturated heterocycles. The molecule has 0 atom stereocenters. The molecule has 2 aromatic carbocycles. The SMILES string of the molecule is O=S(=O)(c1cccc2cccnc12)N(CCc1ccccc1)Cc1ccccn1. The summed E-state index contributed by atoms with van der Waals surface area (Å²) in [5, 5.41) is 0.800. The lowest BCUT2D eigenvalue weighted by atomic mass is 10.1. The maximum absolute atomic E-state index is 13.6. The number of para-hydroxylation sites is 1. The normalized spacial score (nSPS) is 11.8. The van der Waals surface area contributed by atoms with Gasteiger partial charge in [-0.2, -0.15) is 4.31 Å². The van der Waals surface area contributed by atoms with Crippen LogP contribution < -0.4 is 0 Å². The molecule has 0 amide bonds. The molecule has 0 aliphatic rings. The van der Waals surface area contributed by atoms with Gasteiger partial charge in [0.2, 0.25) is 10.0 Å². The van der Waals surface area contributed by atoms with Gasteiger partial charge < -0.3 is 0 Å².